The number of nitrogens with zero attached hydrogens (tertiary/aromatic N) is 1. The number of piperazine rings is 1. The zero-order valence-electron chi connectivity index (χ0n) is 15.2. The van der Waals surface area contributed by atoms with Crippen LogP contribution in [0.2, 0.25) is 0 Å². The van der Waals surface area contributed by atoms with Crippen LogP contribution < -0.4 is 10.2 Å². The standard InChI is InChI=1S/C21H25N3O2/c1-15(23-11-13-24(14-12-23)21(26)17-9-10-17)20(25)22-19-8-4-6-16-5-2-3-7-18(16)19/h2-8,15,17H,9-14H2,1H3,(H,22,25)/p+1/t15-/m1/s1. The number of hydrogen-bond acceptors (Lipinski definition) is 2. The predicted molar refractivity (Wildman–Crippen MR) is 102 cm³/mol. The fraction of sp³-hybridized carbons (Fsp3) is 0.429. The Morgan fingerprint density at radius 2 is 1.77 bits per heavy atom. The predicted octanol–water partition coefficient (Wildman–Crippen LogP) is 1.30. The van der Waals surface area contributed by atoms with E-state index in [1.165, 1.54) is 4.90 Å². The molecule has 0 spiro atoms. The fourth-order valence-electron chi connectivity index (χ4n) is 3.80. The minimum atomic E-state index is -0.132. The summed E-state index contributed by atoms with van der Waals surface area (Å²) in [5.41, 5.74) is 0.863. The Balaban J connectivity index is 1.38. The van der Waals surface area contributed by atoms with Crippen LogP contribution in [0.1, 0.15) is 19.8 Å². The van der Waals surface area contributed by atoms with Crippen molar-refractivity contribution in [3.05, 3.63) is 42.5 Å². The number of amides is 2. The van der Waals surface area contributed by atoms with Crippen molar-refractivity contribution in [2.45, 2.75) is 25.8 Å². The van der Waals surface area contributed by atoms with Crippen molar-refractivity contribution >= 4 is 28.3 Å². The molecule has 0 radical (unpaired) electrons. The molecule has 1 aliphatic carbocycles. The molecule has 2 fully saturated rings. The Morgan fingerprint density at radius 1 is 1.08 bits per heavy atom. The maximum atomic E-state index is 12.8. The van der Waals surface area contributed by atoms with Gasteiger partial charge in [-0.1, -0.05) is 36.4 Å². The summed E-state index contributed by atoms with van der Waals surface area (Å²) in [5, 5.41) is 5.29. The van der Waals surface area contributed by atoms with Gasteiger partial charge in [0.2, 0.25) is 5.91 Å². The first-order chi connectivity index (χ1) is 12.6. The monoisotopic (exact) mass is 352 g/mol. The maximum absolute atomic E-state index is 12.8. The highest BCUT2D eigenvalue weighted by molar-refractivity contribution is 6.03. The van der Waals surface area contributed by atoms with Gasteiger partial charge in [-0.3, -0.25) is 9.59 Å². The molecule has 1 saturated carbocycles. The Kier molecular flexibility index (Phi) is 4.64. The van der Waals surface area contributed by atoms with E-state index in [0.29, 0.717) is 5.91 Å². The molecule has 2 aliphatic rings. The van der Waals surface area contributed by atoms with Crippen molar-refractivity contribution < 1.29 is 14.5 Å². The Hall–Kier alpha value is -2.40. The Labute approximate surface area is 154 Å². The number of fused-ring (bicyclic) bond motifs is 1. The zero-order chi connectivity index (χ0) is 18.1. The third-order valence-corrected chi connectivity index (χ3v) is 5.70. The molecule has 4 rings (SSSR count). The van der Waals surface area contributed by atoms with Gasteiger partial charge in [0.25, 0.3) is 5.91 Å². The van der Waals surface area contributed by atoms with Gasteiger partial charge in [-0.05, 0) is 31.2 Å². The molecular weight excluding hydrogens is 326 g/mol. The topological polar surface area (TPSA) is 53.9 Å². The van der Waals surface area contributed by atoms with Gasteiger partial charge in [0, 0.05) is 17.0 Å². The van der Waals surface area contributed by atoms with Gasteiger partial charge < -0.3 is 15.1 Å². The SMILES string of the molecule is C[C@H](C(=O)Nc1cccc2ccccc12)[NH+]1CCN(C(=O)C2CC2)CC1. The number of carbonyl (C=O) groups is 2. The molecule has 2 aromatic carbocycles. The molecule has 1 saturated heterocycles. The molecule has 26 heavy (non-hydrogen) atoms. The lowest BCUT2D eigenvalue weighted by Crippen LogP contribution is -3.19. The van der Waals surface area contributed by atoms with Gasteiger partial charge in [0.05, 0.1) is 26.2 Å². The van der Waals surface area contributed by atoms with Crippen LogP contribution in [0.15, 0.2) is 42.5 Å². The lowest BCUT2D eigenvalue weighted by molar-refractivity contribution is -0.917. The van der Waals surface area contributed by atoms with Crippen LogP contribution in [-0.2, 0) is 9.59 Å². The second-order valence-electron chi connectivity index (χ2n) is 7.50. The van der Waals surface area contributed by atoms with Crippen LogP contribution in [-0.4, -0.2) is 48.9 Å². The van der Waals surface area contributed by atoms with Crippen LogP contribution >= 0.6 is 0 Å². The molecule has 2 aromatic rings. The van der Waals surface area contributed by atoms with Gasteiger partial charge in [-0.25, -0.2) is 0 Å². The minimum absolute atomic E-state index is 0.0401. The van der Waals surface area contributed by atoms with E-state index in [9.17, 15) is 9.59 Å². The highest BCUT2D eigenvalue weighted by atomic mass is 16.2. The van der Waals surface area contributed by atoms with Crippen molar-refractivity contribution in [2.75, 3.05) is 31.5 Å². The highest BCUT2D eigenvalue weighted by Gasteiger charge is 2.37. The van der Waals surface area contributed by atoms with Crippen LogP contribution in [0.25, 0.3) is 10.8 Å². The smallest absolute Gasteiger partial charge is 0.282 e. The number of hydrogen-bond donors (Lipinski definition) is 2. The lowest BCUT2D eigenvalue weighted by Gasteiger charge is -2.35. The summed E-state index contributed by atoms with van der Waals surface area (Å²) in [4.78, 5) is 28.2. The summed E-state index contributed by atoms with van der Waals surface area (Å²) in [6.45, 7) is 5.17. The molecule has 0 unspecified atom stereocenters. The normalized spacial score (nSPS) is 19.3. The molecular formula is C21H26N3O2+. The van der Waals surface area contributed by atoms with E-state index in [4.69, 9.17) is 0 Å². The van der Waals surface area contributed by atoms with E-state index in [1.807, 2.05) is 42.2 Å². The molecule has 5 nitrogen and oxygen atoms in total. The summed E-state index contributed by atoms with van der Waals surface area (Å²) in [7, 11) is 0. The van der Waals surface area contributed by atoms with E-state index in [1.54, 1.807) is 0 Å². The van der Waals surface area contributed by atoms with Gasteiger partial charge in [0.1, 0.15) is 0 Å². The number of nitrogens with one attached hydrogen (secondary N) is 2. The third-order valence-electron chi connectivity index (χ3n) is 5.70. The highest BCUT2D eigenvalue weighted by Crippen LogP contribution is 2.30. The number of benzene rings is 2. The molecule has 2 amide bonds. The quantitative estimate of drug-likeness (QED) is 0.872. The molecule has 0 bridgehead atoms. The van der Waals surface area contributed by atoms with Crippen molar-refractivity contribution in [3.8, 4) is 0 Å². The summed E-state index contributed by atoms with van der Waals surface area (Å²) in [6, 6.07) is 13.9. The zero-order valence-corrected chi connectivity index (χ0v) is 15.2. The fourth-order valence-corrected chi connectivity index (χ4v) is 3.80. The first-order valence-corrected chi connectivity index (χ1v) is 9.55. The van der Waals surface area contributed by atoms with E-state index in [2.05, 4.69) is 17.4 Å². The van der Waals surface area contributed by atoms with E-state index in [-0.39, 0.29) is 17.9 Å². The summed E-state index contributed by atoms with van der Waals surface area (Å²) in [6.07, 6.45) is 2.10. The molecule has 136 valence electrons. The number of carbonyl (C=O) groups excluding carboxylic acids is 2. The Morgan fingerprint density at radius 3 is 2.50 bits per heavy atom. The summed E-state index contributed by atoms with van der Waals surface area (Å²) >= 11 is 0. The van der Waals surface area contributed by atoms with E-state index >= 15 is 0 Å². The first-order valence-electron chi connectivity index (χ1n) is 9.55. The Bertz CT molecular complexity index is 818. The van der Waals surface area contributed by atoms with Crippen molar-refractivity contribution in [1.82, 2.24) is 4.90 Å². The molecule has 1 aliphatic heterocycles. The molecule has 1 heterocycles. The second-order valence-corrected chi connectivity index (χ2v) is 7.50. The van der Waals surface area contributed by atoms with E-state index < -0.39 is 0 Å². The van der Waals surface area contributed by atoms with Gasteiger partial charge in [-0.2, -0.15) is 0 Å². The van der Waals surface area contributed by atoms with Crippen LogP contribution in [0, 0.1) is 5.92 Å². The number of quaternary nitrogens is 1. The maximum Gasteiger partial charge on any atom is 0.282 e. The summed E-state index contributed by atoms with van der Waals surface area (Å²) < 4.78 is 0. The van der Waals surface area contributed by atoms with Gasteiger partial charge in [0.15, 0.2) is 6.04 Å². The lowest BCUT2D eigenvalue weighted by atomic mass is 10.1. The third kappa shape index (κ3) is 3.44. The molecule has 1 atom stereocenters. The minimum Gasteiger partial charge on any atom is -0.331 e. The molecule has 2 N–H and O–H groups in total. The summed E-state index contributed by atoms with van der Waals surface area (Å²) in [5.74, 6) is 0.638. The van der Waals surface area contributed by atoms with Crippen molar-refractivity contribution in [2.24, 2.45) is 5.92 Å². The average Bonchev–Trinajstić information content (AvgIpc) is 3.52. The van der Waals surface area contributed by atoms with Crippen LogP contribution in [0.5, 0.6) is 0 Å². The van der Waals surface area contributed by atoms with Crippen LogP contribution in [0.3, 0.4) is 0 Å². The van der Waals surface area contributed by atoms with Crippen molar-refractivity contribution in [1.29, 1.82) is 0 Å². The first kappa shape index (κ1) is 17.0. The van der Waals surface area contributed by atoms with Gasteiger partial charge >= 0.3 is 0 Å². The molecule has 0 aromatic heterocycles. The van der Waals surface area contributed by atoms with Gasteiger partial charge in [-0.15, -0.1) is 0 Å². The largest absolute Gasteiger partial charge is 0.331 e. The average molecular weight is 352 g/mol. The van der Waals surface area contributed by atoms with Crippen LogP contribution in [0.4, 0.5) is 5.69 Å². The van der Waals surface area contributed by atoms with E-state index in [0.717, 1.165) is 55.5 Å². The number of anilines is 1. The molecule has 5 heteroatoms. The second kappa shape index (κ2) is 7.08. The van der Waals surface area contributed by atoms with Crippen molar-refractivity contribution in [3.63, 3.8) is 0 Å². The number of rotatable bonds is 4.